The van der Waals surface area contributed by atoms with Crippen molar-refractivity contribution in [3.8, 4) is 5.75 Å². The lowest BCUT2D eigenvalue weighted by Crippen LogP contribution is -2.35. The van der Waals surface area contributed by atoms with Gasteiger partial charge in [0.15, 0.2) is 0 Å². The zero-order chi connectivity index (χ0) is 19.3. The molecular weight excluding hydrogens is 352 g/mol. The van der Waals surface area contributed by atoms with Crippen molar-refractivity contribution < 1.29 is 14.6 Å². The molecule has 1 fully saturated rings. The number of nitrogens with one attached hydrogen (secondary N) is 1. The summed E-state index contributed by atoms with van der Waals surface area (Å²) in [4.78, 5) is 15.0. The summed E-state index contributed by atoms with van der Waals surface area (Å²) in [5.41, 5.74) is 5.06. The summed E-state index contributed by atoms with van der Waals surface area (Å²) >= 11 is 0. The SMILES string of the molecule is O=C(NCc1cccc(CN2CCOCC2)c1)c1cc2c(cc1O)CCCC2. The van der Waals surface area contributed by atoms with Crippen LogP contribution < -0.4 is 5.32 Å². The highest BCUT2D eigenvalue weighted by Gasteiger charge is 2.17. The Hall–Kier alpha value is -2.37. The van der Waals surface area contributed by atoms with Crippen molar-refractivity contribution in [2.75, 3.05) is 26.3 Å². The van der Waals surface area contributed by atoms with E-state index >= 15 is 0 Å². The van der Waals surface area contributed by atoms with Gasteiger partial charge in [-0.3, -0.25) is 9.69 Å². The molecule has 2 aromatic carbocycles. The third-order valence-corrected chi connectivity index (χ3v) is 5.66. The van der Waals surface area contributed by atoms with Crippen molar-refractivity contribution in [2.45, 2.75) is 38.8 Å². The first kappa shape index (κ1) is 19.0. The van der Waals surface area contributed by atoms with Gasteiger partial charge in [-0.05, 0) is 60.1 Å². The molecule has 1 amide bonds. The Balaban J connectivity index is 1.39. The number of hydrogen-bond donors (Lipinski definition) is 2. The molecule has 0 spiro atoms. The van der Waals surface area contributed by atoms with E-state index in [9.17, 15) is 9.90 Å². The second-order valence-electron chi connectivity index (χ2n) is 7.74. The van der Waals surface area contributed by atoms with Crippen LogP contribution in [0.25, 0.3) is 0 Å². The highest BCUT2D eigenvalue weighted by molar-refractivity contribution is 5.97. The minimum Gasteiger partial charge on any atom is -0.507 e. The number of aromatic hydroxyl groups is 1. The molecule has 148 valence electrons. The minimum absolute atomic E-state index is 0.0826. The van der Waals surface area contributed by atoms with E-state index in [1.807, 2.05) is 18.2 Å². The van der Waals surface area contributed by atoms with Crippen LogP contribution >= 0.6 is 0 Å². The molecule has 4 rings (SSSR count). The minimum atomic E-state index is -0.218. The van der Waals surface area contributed by atoms with Gasteiger partial charge >= 0.3 is 0 Å². The number of rotatable bonds is 5. The molecule has 5 nitrogen and oxygen atoms in total. The summed E-state index contributed by atoms with van der Waals surface area (Å²) in [6, 6.07) is 12.0. The second-order valence-corrected chi connectivity index (χ2v) is 7.74. The number of phenolic OH excluding ortho intramolecular Hbond substituents is 1. The molecule has 2 aromatic rings. The Morgan fingerprint density at radius 3 is 2.54 bits per heavy atom. The van der Waals surface area contributed by atoms with Gasteiger partial charge in [0.1, 0.15) is 5.75 Å². The van der Waals surface area contributed by atoms with Crippen molar-refractivity contribution >= 4 is 5.91 Å². The fraction of sp³-hybridized carbons (Fsp3) is 0.435. The highest BCUT2D eigenvalue weighted by Crippen LogP contribution is 2.28. The second kappa shape index (κ2) is 8.76. The van der Waals surface area contributed by atoms with Gasteiger partial charge in [0, 0.05) is 26.2 Å². The Morgan fingerprint density at radius 1 is 1.04 bits per heavy atom. The number of nitrogens with zero attached hydrogens (tertiary/aromatic N) is 1. The summed E-state index contributed by atoms with van der Waals surface area (Å²) in [6.45, 7) is 4.85. The van der Waals surface area contributed by atoms with Crippen molar-refractivity contribution in [1.29, 1.82) is 0 Å². The van der Waals surface area contributed by atoms with E-state index in [0.29, 0.717) is 12.1 Å². The van der Waals surface area contributed by atoms with E-state index in [0.717, 1.165) is 64.1 Å². The van der Waals surface area contributed by atoms with Crippen LogP contribution in [0.5, 0.6) is 5.75 Å². The molecule has 0 unspecified atom stereocenters. The van der Waals surface area contributed by atoms with Crippen LogP contribution in [0.3, 0.4) is 0 Å². The third-order valence-electron chi connectivity index (χ3n) is 5.66. The molecule has 2 aliphatic rings. The quantitative estimate of drug-likeness (QED) is 0.837. The zero-order valence-electron chi connectivity index (χ0n) is 16.2. The van der Waals surface area contributed by atoms with E-state index in [4.69, 9.17) is 4.74 Å². The highest BCUT2D eigenvalue weighted by atomic mass is 16.5. The number of carbonyl (C=O) groups is 1. The number of morpholine rings is 1. The van der Waals surface area contributed by atoms with Crippen molar-refractivity contribution in [2.24, 2.45) is 0 Å². The van der Waals surface area contributed by atoms with Gasteiger partial charge in [0.05, 0.1) is 18.8 Å². The predicted molar refractivity (Wildman–Crippen MR) is 108 cm³/mol. The largest absolute Gasteiger partial charge is 0.507 e. The molecular formula is C23H28N2O3. The molecule has 1 heterocycles. The number of ether oxygens (including phenoxy) is 1. The average Bonchev–Trinajstić information content (AvgIpc) is 2.72. The predicted octanol–water partition coefficient (Wildman–Crippen LogP) is 3.03. The molecule has 1 aliphatic carbocycles. The van der Waals surface area contributed by atoms with Gasteiger partial charge in [-0.15, -0.1) is 0 Å². The van der Waals surface area contributed by atoms with Crippen LogP contribution in [0, 0.1) is 0 Å². The van der Waals surface area contributed by atoms with E-state index < -0.39 is 0 Å². The third kappa shape index (κ3) is 4.54. The van der Waals surface area contributed by atoms with Gasteiger partial charge in [0.2, 0.25) is 0 Å². The number of aryl methyl sites for hydroxylation is 2. The lowest BCUT2D eigenvalue weighted by Gasteiger charge is -2.26. The Morgan fingerprint density at radius 2 is 1.75 bits per heavy atom. The molecule has 0 atom stereocenters. The van der Waals surface area contributed by atoms with E-state index in [2.05, 4.69) is 22.3 Å². The molecule has 28 heavy (non-hydrogen) atoms. The molecule has 1 aliphatic heterocycles. The summed E-state index contributed by atoms with van der Waals surface area (Å²) in [5, 5.41) is 13.2. The Bertz CT molecular complexity index is 844. The fourth-order valence-corrected chi connectivity index (χ4v) is 4.09. The number of hydrogen-bond acceptors (Lipinski definition) is 4. The lowest BCUT2D eigenvalue weighted by molar-refractivity contribution is 0.0342. The van der Waals surface area contributed by atoms with Crippen LogP contribution in [0.2, 0.25) is 0 Å². The van der Waals surface area contributed by atoms with E-state index in [-0.39, 0.29) is 11.7 Å². The molecule has 1 saturated heterocycles. The first-order valence-corrected chi connectivity index (χ1v) is 10.2. The molecule has 0 bridgehead atoms. The van der Waals surface area contributed by atoms with Gasteiger partial charge in [-0.25, -0.2) is 0 Å². The van der Waals surface area contributed by atoms with E-state index in [1.165, 1.54) is 16.7 Å². The normalized spacial score (nSPS) is 17.1. The number of carbonyl (C=O) groups excluding carboxylic acids is 1. The fourth-order valence-electron chi connectivity index (χ4n) is 4.09. The Kier molecular flexibility index (Phi) is 5.93. The average molecular weight is 380 g/mol. The maximum absolute atomic E-state index is 12.6. The number of fused-ring (bicyclic) bond motifs is 1. The van der Waals surface area contributed by atoms with E-state index in [1.54, 1.807) is 6.07 Å². The maximum atomic E-state index is 12.6. The number of phenols is 1. The summed E-state index contributed by atoms with van der Waals surface area (Å²) in [7, 11) is 0. The van der Waals surface area contributed by atoms with Crippen LogP contribution in [0.4, 0.5) is 0 Å². The topological polar surface area (TPSA) is 61.8 Å². The van der Waals surface area contributed by atoms with Crippen LogP contribution in [-0.4, -0.2) is 42.2 Å². The smallest absolute Gasteiger partial charge is 0.255 e. The van der Waals surface area contributed by atoms with Gasteiger partial charge in [-0.1, -0.05) is 24.3 Å². The molecule has 5 heteroatoms. The molecule has 0 aromatic heterocycles. The van der Waals surface area contributed by atoms with Crippen LogP contribution in [0.15, 0.2) is 36.4 Å². The first-order chi connectivity index (χ1) is 13.7. The zero-order valence-corrected chi connectivity index (χ0v) is 16.2. The molecule has 2 N–H and O–H groups in total. The van der Waals surface area contributed by atoms with Gasteiger partial charge in [0.25, 0.3) is 5.91 Å². The van der Waals surface area contributed by atoms with Crippen LogP contribution in [0.1, 0.15) is 45.5 Å². The standard InChI is InChI=1S/C23H28N2O3/c26-22-14-20-7-2-1-6-19(20)13-21(22)23(27)24-15-17-4-3-5-18(12-17)16-25-8-10-28-11-9-25/h3-5,12-14,26H,1-2,6-11,15-16H2,(H,24,27). The van der Waals surface area contributed by atoms with Gasteiger partial charge in [-0.2, -0.15) is 0 Å². The van der Waals surface area contributed by atoms with Crippen molar-refractivity contribution in [3.05, 3.63) is 64.2 Å². The number of benzene rings is 2. The van der Waals surface area contributed by atoms with Crippen molar-refractivity contribution in [3.63, 3.8) is 0 Å². The summed E-state index contributed by atoms with van der Waals surface area (Å²) < 4.78 is 5.40. The maximum Gasteiger partial charge on any atom is 0.255 e. The Labute approximate surface area is 166 Å². The lowest BCUT2D eigenvalue weighted by atomic mass is 9.90. The number of amides is 1. The summed E-state index contributed by atoms with van der Waals surface area (Å²) in [5.74, 6) is -0.135. The van der Waals surface area contributed by atoms with Crippen LogP contribution in [-0.2, 0) is 30.7 Å². The molecule has 0 saturated carbocycles. The monoisotopic (exact) mass is 380 g/mol. The first-order valence-electron chi connectivity index (χ1n) is 10.2. The molecule has 0 radical (unpaired) electrons. The summed E-state index contributed by atoms with van der Waals surface area (Å²) in [6.07, 6.45) is 4.27. The van der Waals surface area contributed by atoms with Crippen molar-refractivity contribution in [1.82, 2.24) is 10.2 Å². The van der Waals surface area contributed by atoms with Gasteiger partial charge < -0.3 is 15.2 Å².